The van der Waals surface area contributed by atoms with Gasteiger partial charge in [0.15, 0.2) is 0 Å². The molecule has 0 radical (unpaired) electrons. The van der Waals surface area contributed by atoms with E-state index in [0.717, 1.165) is 31.4 Å². The summed E-state index contributed by atoms with van der Waals surface area (Å²) >= 11 is 0. The van der Waals surface area contributed by atoms with Crippen LogP contribution in [0.2, 0.25) is 0 Å². The van der Waals surface area contributed by atoms with Crippen LogP contribution in [0.15, 0.2) is 24.3 Å². The topological polar surface area (TPSA) is 90.0 Å². The number of amides is 2. The third kappa shape index (κ3) is 6.03. The van der Waals surface area contributed by atoms with E-state index in [-0.39, 0.29) is 24.9 Å². The number of likely N-dealkylation sites (tertiary alicyclic amines) is 1. The maximum atomic E-state index is 13.4. The van der Waals surface area contributed by atoms with Gasteiger partial charge in [-0.3, -0.25) is 9.59 Å². The molecule has 3 saturated heterocycles. The summed E-state index contributed by atoms with van der Waals surface area (Å²) in [6.45, 7) is 2.00. The lowest BCUT2D eigenvalue weighted by atomic mass is 9.97. The first-order valence-electron chi connectivity index (χ1n) is 12.6. The van der Waals surface area contributed by atoms with Crippen molar-refractivity contribution in [2.45, 2.75) is 63.7 Å². The van der Waals surface area contributed by atoms with Crippen LogP contribution in [0.4, 0.5) is 13.2 Å². The molecule has 8 nitrogen and oxygen atoms in total. The molecular formula is C24H33F3N4O4S. The van der Waals surface area contributed by atoms with E-state index in [0.29, 0.717) is 57.4 Å². The average molecular weight is 531 g/mol. The molecule has 1 aromatic carbocycles. The van der Waals surface area contributed by atoms with Crippen molar-refractivity contribution in [3.63, 3.8) is 0 Å². The van der Waals surface area contributed by atoms with E-state index in [4.69, 9.17) is 0 Å². The van der Waals surface area contributed by atoms with Gasteiger partial charge in [0.1, 0.15) is 6.04 Å². The zero-order chi connectivity index (χ0) is 25.9. The van der Waals surface area contributed by atoms with E-state index in [2.05, 4.69) is 5.32 Å². The van der Waals surface area contributed by atoms with Crippen LogP contribution in [0.5, 0.6) is 0 Å². The molecule has 0 spiro atoms. The van der Waals surface area contributed by atoms with Crippen LogP contribution in [-0.2, 0) is 32.5 Å². The molecule has 12 heteroatoms. The minimum Gasteiger partial charge on any atom is -0.350 e. The summed E-state index contributed by atoms with van der Waals surface area (Å²) in [5, 5.41) is 2.74. The van der Waals surface area contributed by atoms with E-state index < -0.39 is 33.9 Å². The standard InChI is InChI=1S/C24H33F3N4O4S/c25-24(26,27)20-10-8-18(9-11-20)16-28-22(32)21-7-5-15-31(21)23(33)19-6-4-14-30(17-19)36(34,35)29-12-2-1-3-13-29/h8-11,19,21H,1-7,12-17H2,(H,28,32)/t19-,21+/m0/s1. The lowest BCUT2D eigenvalue weighted by Gasteiger charge is -2.37. The van der Waals surface area contributed by atoms with Crippen molar-refractivity contribution in [2.75, 3.05) is 32.7 Å². The van der Waals surface area contributed by atoms with Gasteiger partial charge in [0.05, 0.1) is 11.5 Å². The van der Waals surface area contributed by atoms with E-state index in [9.17, 15) is 31.2 Å². The second-order valence-electron chi connectivity index (χ2n) is 9.77. The smallest absolute Gasteiger partial charge is 0.350 e. The van der Waals surface area contributed by atoms with Crippen molar-refractivity contribution in [3.05, 3.63) is 35.4 Å². The first kappa shape index (κ1) is 26.9. The van der Waals surface area contributed by atoms with Crippen molar-refractivity contribution in [1.82, 2.24) is 18.8 Å². The molecule has 0 aromatic heterocycles. The third-order valence-corrected chi connectivity index (χ3v) is 9.29. The highest BCUT2D eigenvalue weighted by Gasteiger charge is 2.41. The molecule has 0 unspecified atom stereocenters. The van der Waals surface area contributed by atoms with Crippen molar-refractivity contribution < 1.29 is 31.2 Å². The summed E-state index contributed by atoms with van der Waals surface area (Å²) in [6.07, 6.45) is 0.584. The Hall–Kier alpha value is -2.18. The fourth-order valence-corrected chi connectivity index (χ4v) is 7.04. The summed E-state index contributed by atoms with van der Waals surface area (Å²) in [5.41, 5.74) is -0.230. The molecule has 36 heavy (non-hydrogen) atoms. The number of benzene rings is 1. The number of rotatable bonds is 6. The molecule has 3 aliphatic heterocycles. The Balaban J connectivity index is 1.35. The van der Waals surface area contributed by atoms with Crippen LogP contribution in [0, 0.1) is 5.92 Å². The first-order chi connectivity index (χ1) is 17.1. The molecule has 1 N–H and O–H groups in total. The number of hydrogen-bond acceptors (Lipinski definition) is 4. The minimum absolute atomic E-state index is 0.0563. The highest BCUT2D eigenvalue weighted by atomic mass is 32.2. The lowest BCUT2D eigenvalue weighted by Crippen LogP contribution is -2.53. The maximum absolute atomic E-state index is 13.4. The molecule has 0 saturated carbocycles. The second-order valence-corrected chi connectivity index (χ2v) is 11.7. The van der Waals surface area contributed by atoms with Crippen LogP contribution >= 0.6 is 0 Å². The molecule has 4 rings (SSSR count). The molecular weight excluding hydrogens is 497 g/mol. The van der Waals surface area contributed by atoms with E-state index in [1.165, 1.54) is 20.7 Å². The quantitative estimate of drug-likeness (QED) is 0.613. The number of nitrogens with zero attached hydrogens (tertiary/aromatic N) is 3. The lowest BCUT2D eigenvalue weighted by molar-refractivity contribution is -0.142. The van der Waals surface area contributed by atoms with Crippen LogP contribution in [0.1, 0.15) is 56.1 Å². The highest BCUT2D eigenvalue weighted by molar-refractivity contribution is 7.86. The molecule has 3 heterocycles. The SMILES string of the molecule is O=C(NCc1ccc(C(F)(F)F)cc1)[C@H]1CCCN1C(=O)[C@H]1CCCN(S(=O)(=O)N2CCCCC2)C1. The van der Waals surface area contributed by atoms with Gasteiger partial charge >= 0.3 is 6.18 Å². The summed E-state index contributed by atoms with van der Waals surface area (Å²) in [5.74, 6) is -1.06. The van der Waals surface area contributed by atoms with Crippen LogP contribution in [0.25, 0.3) is 0 Å². The van der Waals surface area contributed by atoms with Gasteiger partial charge in [-0.15, -0.1) is 0 Å². The normalized spacial score (nSPS) is 24.6. The predicted octanol–water partition coefficient (Wildman–Crippen LogP) is 2.76. The number of piperidine rings is 2. The number of nitrogens with one attached hydrogen (secondary N) is 1. The van der Waals surface area contributed by atoms with E-state index in [1.807, 2.05) is 0 Å². The second kappa shape index (κ2) is 11.1. The van der Waals surface area contributed by atoms with Gasteiger partial charge in [0, 0.05) is 39.3 Å². The summed E-state index contributed by atoms with van der Waals surface area (Å²) in [4.78, 5) is 27.8. The van der Waals surface area contributed by atoms with Gasteiger partial charge in [0.2, 0.25) is 11.8 Å². The number of alkyl halides is 3. The van der Waals surface area contributed by atoms with Gasteiger partial charge in [-0.25, -0.2) is 0 Å². The third-order valence-electron chi connectivity index (χ3n) is 7.29. The van der Waals surface area contributed by atoms with Crippen molar-refractivity contribution in [3.8, 4) is 0 Å². The molecule has 3 fully saturated rings. The molecule has 1 aromatic rings. The maximum Gasteiger partial charge on any atom is 0.416 e. The highest BCUT2D eigenvalue weighted by Crippen LogP contribution is 2.30. The first-order valence-corrected chi connectivity index (χ1v) is 14.0. The molecule has 200 valence electrons. The van der Waals surface area contributed by atoms with E-state index in [1.54, 1.807) is 4.90 Å². The van der Waals surface area contributed by atoms with Gasteiger partial charge < -0.3 is 10.2 Å². The zero-order valence-corrected chi connectivity index (χ0v) is 21.0. The summed E-state index contributed by atoms with van der Waals surface area (Å²) in [6, 6.07) is 3.92. The molecule has 2 amide bonds. The van der Waals surface area contributed by atoms with E-state index >= 15 is 0 Å². The molecule has 2 atom stereocenters. The van der Waals surface area contributed by atoms with Crippen molar-refractivity contribution >= 4 is 22.0 Å². The minimum atomic E-state index is -4.42. The molecule has 0 aliphatic carbocycles. The Kier molecular flexibility index (Phi) is 8.25. The Morgan fingerprint density at radius 1 is 0.889 bits per heavy atom. The number of hydrogen-bond donors (Lipinski definition) is 1. The average Bonchev–Trinajstić information content (AvgIpc) is 3.37. The fraction of sp³-hybridized carbons (Fsp3) is 0.667. The monoisotopic (exact) mass is 530 g/mol. The van der Waals surface area contributed by atoms with Gasteiger partial charge in [-0.1, -0.05) is 18.6 Å². The van der Waals surface area contributed by atoms with Crippen LogP contribution in [-0.4, -0.2) is 72.5 Å². The van der Waals surface area contributed by atoms with Crippen LogP contribution in [0.3, 0.4) is 0 Å². The zero-order valence-electron chi connectivity index (χ0n) is 20.2. The van der Waals surface area contributed by atoms with Gasteiger partial charge in [-0.05, 0) is 56.2 Å². The Bertz CT molecular complexity index is 1040. The Morgan fingerprint density at radius 3 is 2.19 bits per heavy atom. The largest absolute Gasteiger partial charge is 0.416 e. The van der Waals surface area contributed by atoms with Crippen LogP contribution < -0.4 is 5.32 Å². The number of carbonyl (C=O) groups excluding carboxylic acids is 2. The van der Waals surface area contributed by atoms with Crippen molar-refractivity contribution in [1.29, 1.82) is 0 Å². The molecule has 0 bridgehead atoms. The number of carbonyl (C=O) groups is 2. The summed E-state index contributed by atoms with van der Waals surface area (Å²) in [7, 11) is -3.61. The fourth-order valence-electron chi connectivity index (χ4n) is 5.27. The summed E-state index contributed by atoms with van der Waals surface area (Å²) < 4.78 is 67.4. The Labute approximate surface area is 210 Å². The molecule has 3 aliphatic rings. The Morgan fingerprint density at radius 2 is 1.53 bits per heavy atom. The van der Waals surface area contributed by atoms with Gasteiger partial charge in [-0.2, -0.15) is 30.2 Å². The van der Waals surface area contributed by atoms with Gasteiger partial charge in [0.25, 0.3) is 10.2 Å². The number of halogens is 3. The predicted molar refractivity (Wildman–Crippen MR) is 127 cm³/mol. The van der Waals surface area contributed by atoms with Crippen molar-refractivity contribution in [2.24, 2.45) is 5.92 Å².